The zero-order valence-corrected chi connectivity index (χ0v) is 12.1. The van der Waals surface area contributed by atoms with Crippen molar-refractivity contribution >= 4 is 34.5 Å². The quantitative estimate of drug-likeness (QED) is 0.804. The number of carbonyl (C=O) groups excluding carboxylic acids is 1. The van der Waals surface area contributed by atoms with Crippen LogP contribution >= 0.6 is 22.9 Å². The number of nitrogens with zero attached hydrogens (tertiary/aromatic N) is 1. The van der Waals surface area contributed by atoms with Crippen molar-refractivity contribution in [1.29, 1.82) is 0 Å². The molecule has 0 aliphatic carbocycles. The molecule has 0 aliphatic rings. The average Bonchev–Trinajstić information content (AvgIpc) is 2.88. The third-order valence-corrected chi connectivity index (χ3v) is 3.39. The number of carbonyl (C=O) groups is 1. The van der Waals surface area contributed by atoms with Gasteiger partial charge in [-0.05, 0) is 18.2 Å². The van der Waals surface area contributed by atoms with E-state index in [2.05, 4.69) is 10.3 Å². The van der Waals surface area contributed by atoms with Gasteiger partial charge in [0.05, 0.1) is 19.8 Å². The number of benzene rings is 1. The Bertz CT molecular complexity index is 589. The van der Waals surface area contributed by atoms with Gasteiger partial charge in [-0.1, -0.05) is 17.7 Å². The zero-order valence-electron chi connectivity index (χ0n) is 10.5. The summed E-state index contributed by atoms with van der Waals surface area (Å²) in [6.07, 6.45) is 0. The van der Waals surface area contributed by atoms with Crippen LogP contribution in [0.1, 0.15) is 15.5 Å². The number of rotatable bonds is 6. The maximum Gasteiger partial charge on any atom is 0.275 e. The second-order valence-electron chi connectivity index (χ2n) is 3.87. The van der Waals surface area contributed by atoms with Crippen LogP contribution in [-0.2, 0) is 11.3 Å². The molecular formula is C13H13ClN2O3S. The lowest BCUT2D eigenvalue weighted by Gasteiger charge is -2.03. The minimum absolute atomic E-state index is 0.0342. The van der Waals surface area contributed by atoms with Crippen LogP contribution in [0.2, 0.25) is 5.02 Å². The van der Waals surface area contributed by atoms with E-state index in [1.807, 2.05) is 0 Å². The fourth-order valence-electron chi connectivity index (χ4n) is 1.47. The highest BCUT2D eigenvalue weighted by Gasteiger charge is 2.11. The summed E-state index contributed by atoms with van der Waals surface area (Å²) in [6.45, 7) is 0.507. The van der Waals surface area contributed by atoms with Crippen molar-refractivity contribution in [3.05, 3.63) is 45.4 Å². The molecule has 1 aromatic carbocycles. The molecule has 5 nitrogen and oxygen atoms in total. The molecule has 0 bridgehead atoms. The summed E-state index contributed by atoms with van der Waals surface area (Å²) in [7, 11) is 0. The molecule has 1 heterocycles. The van der Waals surface area contributed by atoms with E-state index in [1.54, 1.807) is 29.6 Å². The number of halogens is 1. The van der Waals surface area contributed by atoms with Crippen molar-refractivity contribution in [2.75, 3.05) is 18.5 Å². The van der Waals surface area contributed by atoms with E-state index < -0.39 is 0 Å². The van der Waals surface area contributed by atoms with Crippen LogP contribution in [0.25, 0.3) is 0 Å². The van der Waals surface area contributed by atoms with E-state index in [1.165, 1.54) is 11.3 Å². The van der Waals surface area contributed by atoms with E-state index in [0.29, 0.717) is 21.4 Å². The van der Waals surface area contributed by atoms with Crippen molar-refractivity contribution in [2.24, 2.45) is 0 Å². The standard InChI is InChI=1S/C13H13ClN2O3S/c14-9-2-1-3-10(6-9)15-13(18)11-8-20-12(16-11)7-19-5-4-17/h1-3,6,8,17H,4-5,7H2,(H,15,18). The first-order valence-corrected chi connectivity index (χ1v) is 7.14. The Morgan fingerprint density at radius 1 is 1.50 bits per heavy atom. The Balaban J connectivity index is 1.95. The number of anilines is 1. The SMILES string of the molecule is O=C(Nc1cccc(Cl)c1)c1csc(COCCO)n1. The minimum atomic E-state index is -0.295. The molecule has 1 amide bonds. The number of hydrogen-bond acceptors (Lipinski definition) is 5. The van der Waals surface area contributed by atoms with Crippen LogP contribution in [0, 0.1) is 0 Å². The minimum Gasteiger partial charge on any atom is -0.394 e. The lowest BCUT2D eigenvalue weighted by atomic mass is 10.3. The van der Waals surface area contributed by atoms with Crippen molar-refractivity contribution in [2.45, 2.75) is 6.61 Å². The van der Waals surface area contributed by atoms with Gasteiger partial charge in [-0.3, -0.25) is 4.79 Å². The van der Waals surface area contributed by atoms with Gasteiger partial charge in [0.2, 0.25) is 0 Å². The number of thiazole rings is 1. The smallest absolute Gasteiger partial charge is 0.275 e. The van der Waals surface area contributed by atoms with Gasteiger partial charge in [-0.15, -0.1) is 11.3 Å². The van der Waals surface area contributed by atoms with Gasteiger partial charge < -0.3 is 15.2 Å². The van der Waals surface area contributed by atoms with Gasteiger partial charge in [-0.25, -0.2) is 4.98 Å². The third kappa shape index (κ3) is 4.28. The maximum absolute atomic E-state index is 12.0. The van der Waals surface area contributed by atoms with Crippen molar-refractivity contribution < 1.29 is 14.6 Å². The van der Waals surface area contributed by atoms with Crippen LogP contribution in [0.5, 0.6) is 0 Å². The monoisotopic (exact) mass is 312 g/mol. The van der Waals surface area contributed by atoms with Crippen LogP contribution in [-0.4, -0.2) is 29.2 Å². The molecule has 2 rings (SSSR count). The number of amides is 1. The van der Waals surface area contributed by atoms with Gasteiger partial charge in [0, 0.05) is 16.1 Å². The van der Waals surface area contributed by atoms with E-state index in [0.717, 1.165) is 0 Å². The van der Waals surface area contributed by atoms with Crippen LogP contribution < -0.4 is 5.32 Å². The molecule has 0 aliphatic heterocycles. The van der Waals surface area contributed by atoms with Crippen molar-refractivity contribution in [3.8, 4) is 0 Å². The number of hydrogen-bond donors (Lipinski definition) is 2. The Morgan fingerprint density at radius 2 is 2.35 bits per heavy atom. The molecule has 0 spiro atoms. The second-order valence-corrected chi connectivity index (χ2v) is 5.25. The Labute approximate surface area is 125 Å². The predicted molar refractivity (Wildman–Crippen MR) is 78.3 cm³/mol. The zero-order chi connectivity index (χ0) is 14.4. The third-order valence-electron chi connectivity index (χ3n) is 2.33. The first-order valence-electron chi connectivity index (χ1n) is 5.89. The lowest BCUT2D eigenvalue weighted by Crippen LogP contribution is -2.12. The number of aromatic nitrogens is 1. The normalized spacial score (nSPS) is 10.5. The molecule has 2 aromatic rings. The molecule has 0 unspecified atom stereocenters. The molecule has 0 fully saturated rings. The number of aliphatic hydroxyl groups is 1. The van der Waals surface area contributed by atoms with E-state index >= 15 is 0 Å². The molecule has 106 valence electrons. The molecule has 7 heteroatoms. The Morgan fingerprint density at radius 3 is 3.10 bits per heavy atom. The highest BCUT2D eigenvalue weighted by Crippen LogP contribution is 2.17. The number of aliphatic hydroxyl groups excluding tert-OH is 1. The molecule has 0 radical (unpaired) electrons. The summed E-state index contributed by atoms with van der Waals surface area (Å²) in [6, 6.07) is 6.91. The summed E-state index contributed by atoms with van der Waals surface area (Å²) >= 11 is 7.18. The fraction of sp³-hybridized carbons (Fsp3) is 0.231. The van der Waals surface area contributed by atoms with Crippen LogP contribution in [0.15, 0.2) is 29.6 Å². The van der Waals surface area contributed by atoms with Crippen molar-refractivity contribution in [3.63, 3.8) is 0 Å². The molecule has 20 heavy (non-hydrogen) atoms. The Kier molecular flexibility index (Phi) is 5.49. The van der Waals surface area contributed by atoms with Gasteiger partial charge in [0.1, 0.15) is 10.7 Å². The second kappa shape index (κ2) is 7.35. The van der Waals surface area contributed by atoms with Crippen LogP contribution in [0.3, 0.4) is 0 Å². The Hall–Kier alpha value is -1.47. The van der Waals surface area contributed by atoms with Gasteiger partial charge in [0.25, 0.3) is 5.91 Å². The molecule has 0 saturated heterocycles. The molecule has 1 aromatic heterocycles. The van der Waals surface area contributed by atoms with Crippen molar-refractivity contribution in [1.82, 2.24) is 4.98 Å². The summed E-state index contributed by atoms with van der Waals surface area (Å²) in [5, 5.41) is 14.2. The maximum atomic E-state index is 12.0. The highest BCUT2D eigenvalue weighted by atomic mass is 35.5. The average molecular weight is 313 g/mol. The van der Waals surface area contributed by atoms with E-state index in [4.69, 9.17) is 21.4 Å². The topological polar surface area (TPSA) is 71.5 Å². The van der Waals surface area contributed by atoms with E-state index in [9.17, 15) is 4.79 Å². The number of nitrogens with one attached hydrogen (secondary N) is 1. The first-order chi connectivity index (χ1) is 9.69. The van der Waals surface area contributed by atoms with Crippen LogP contribution in [0.4, 0.5) is 5.69 Å². The molecule has 2 N–H and O–H groups in total. The largest absolute Gasteiger partial charge is 0.394 e. The number of ether oxygens (including phenoxy) is 1. The first kappa shape index (κ1) is 14.9. The molecular weight excluding hydrogens is 300 g/mol. The van der Waals surface area contributed by atoms with Gasteiger partial charge in [0.15, 0.2) is 0 Å². The fourth-order valence-corrected chi connectivity index (χ4v) is 2.37. The molecule has 0 saturated carbocycles. The summed E-state index contributed by atoms with van der Waals surface area (Å²) in [5.74, 6) is -0.295. The van der Waals surface area contributed by atoms with E-state index in [-0.39, 0.29) is 25.7 Å². The van der Waals surface area contributed by atoms with Gasteiger partial charge in [-0.2, -0.15) is 0 Å². The summed E-state index contributed by atoms with van der Waals surface area (Å²) in [4.78, 5) is 16.1. The highest BCUT2D eigenvalue weighted by molar-refractivity contribution is 7.09. The predicted octanol–water partition coefficient (Wildman–Crippen LogP) is 2.56. The van der Waals surface area contributed by atoms with Gasteiger partial charge >= 0.3 is 0 Å². The molecule has 0 atom stereocenters. The summed E-state index contributed by atoms with van der Waals surface area (Å²) in [5.41, 5.74) is 0.950. The summed E-state index contributed by atoms with van der Waals surface area (Å²) < 4.78 is 5.14. The lowest BCUT2D eigenvalue weighted by molar-refractivity contribution is 0.0812.